The molecule has 0 bridgehead atoms. The molecule has 1 amide bonds. The smallest absolute Gasteiger partial charge is 0.243 e. The number of anilines is 1. The van der Waals surface area contributed by atoms with Crippen LogP contribution in [0.25, 0.3) is 0 Å². The van der Waals surface area contributed by atoms with E-state index in [1.165, 1.54) is 11.3 Å². The molecule has 130 valence electrons. The standard InChI is InChI=1S/C15H22N6O2S/c1-10(14(23)17-15-16-5-8-24-15)21-6-3-11(4-7-21)13-19-18-12(9-22)20(13)2/h5,8,10-11,22H,3-4,6-7,9H2,1-2H3,(H,16,17,23)/t10-/m1/s1. The lowest BCUT2D eigenvalue weighted by Crippen LogP contribution is -2.46. The van der Waals surface area contributed by atoms with E-state index in [0.717, 1.165) is 31.8 Å². The fourth-order valence-corrected chi connectivity index (χ4v) is 3.61. The van der Waals surface area contributed by atoms with Crippen LogP contribution in [0.5, 0.6) is 0 Å². The van der Waals surface area contributed by atoms with Crippen LogP contribution < -0.4 is 5.32 Å². The lowest BCUT2D eigenvalue weighted by Gasteiger charge is -2.34. The SMILES string of the molecule is C[C@H](C(=O)Nc1nccs1)N1CCC(c2nnc(CO)n2C)CC1. The number of amides is 1. The Morgan fingerprint density at radius 1 is 1.46 bits per heavy atom. The monoisotopic (exact) mass is 350 g/mol. The number of piperidine rings is 1. The zero-order valence-electron chi connectivity index (χ0n) is 13.8. The van der Waals surface area contributed by atoms with Crippen LogP contribution in [0.4, 0.5) is 5.13 Å². The third-order valence-electron chi connectivity index (χ3n) is 4.62. The van der Waals surface area contributed by atoms with Gasteiger partial charge in [0.25, 0.3) is 0 Å². The van der Waals surface area contributed by atoms with Gasteiger partial charge in [0.05, 0.1) is 6.04 Å². The Morgan fingerprint density at radius 3 is 2.79 bits per heavy atom. The number of aliphatic hydroxyl groups is 1. The largest absolute Gasteiger partial charge is 0.388 e. The highest BCUT2D eigenvalue weighted by molar-refractivity contribution is 7.13. The number of aliphatic hydroxyl groups excluding tert-OH is 1. The molecule has 1 atom stereocenters. The second kappa shape index (κ2) is 7.37. The normalized spacial score (nSPS) is 17.8. The molecule has 3 heterocycles. The van der Waals surface area contributed by atoms with Crippen LogP contribution in [0, 0.1) is 0 Å². The molecule has 0 aromatic carbocycles. The second-order valence-electron chi connectivity index (χ2n) is 6.00. The van der Waals surface area contributed by atoms with Crippen LogP contribution >= 0.6 is 11.3 Å². The molecule has 2 aromatic rings. The predicted octanol–water partition coefficient (Wildman–Crippen LogP) is 0.970. The first-order valence-electron chi connectivity index (χ1n) is 8.03. The zero-order valence-corrected chi connectivity index (χ0v) is 14.7. The average molecular weight is 350 g/mol. The van der Waals surface area contributed by atoms with Crippen LogP contribution in [-0.2, 0) is 18.4 Å². The van der Waals surface area contributed by atoms with Crippen LogP contribution in [0.2, 0.25) is 0 Å². The average Bonchev–Trinajstić information content (AvgIpc) is 3.23. The number of rotatable bonds is 5. The molecule has 2 aromatic heterocycles. The van der Waals surface area contributed by atoms with E-state index >= 15 is 0 Å². The van der Waals surface area contributed by atoms with Crippen LogP contribution in [-0.4, -0.2) is 54.8 Å². The molecular formula is C15H22N6O2S. The Bertz CT molecular complexity index is 678. The van der Waals surface area contributed by atoms with Crippen molar-refractivity contribution in [3.8, 4) is 0 Å². The quantitative estimate of drug-likeness (QED) is 0.834. The van der Waals surface area contributed by atoms with Crippen molar-refractivity contribution in [1.29, 1.82) is 0 Å². The van der Waals surface area contributed by atoms with Gasteiger partial charge in [-0.2, -0.15) is 0 Å². The summed E-state index contributed by atoms with van der Waals surface area (Å²) in [5.74, 6) is 1.79. The topological polar surface area (TPSA) is 96.2 Å². The van der Waals surface area contributed by atoms with Gasteiger partial charge in [0, 0.05) is 24.5 Å². The number of aromatic nitrogens is 4. The minimum atomic E-state index is -0.192. The Labute approximate surface area is 144 Å². The van der Waals surface area contributed by atoms with E-state index in [2.05, 4.69) is 25.4 Å². The molecular weight excluding hydrogens is 328 g/mol. The highest BCUT2D eigenvalue weighted by Crippen LogP contribution is 2.28. The maximum Gasteiger partial charge on any atom is 0.243 e. The minimum Gasteiger partial charge on any atom is -0.388 e. The number of thiazole rings is 1. The molecule has 3 rings (SSSR count). The van der Waals surface area contributed by atoms with Gasteiger partial charge in [-0.05, 0) is 32.9 Å². The highest BCUT2D eigenvalue weighted by atomic mass is 32.1. The number of likely N-dealkylation sites (tertiary alicyclic amines) is 1. The van der Waals surface area contributed by atoms with Crippen molar-refractivity contribution >= 4 is 22.4 Å². The Hall–Kier alpha value is -1.84. The lowest BCUT2D eigenvalue weighted by molar-refractivity contribution is -0.121. The van der Waals surface area contributed by atoms with Crippen molar-refractivity contribution in [1.82, 2.24) is 24.6 Å². The van der Waals surface area contributed by atoms with Gasteiger partial charge in [-0.25, -0.2) is 4.98 Å². The number of nitrogens with one attached hydrogen (secondary N) is 1. The van der Waals surface area contributed by atoms with Crippen molar-refractivity contribution in [2.45, 2.75) is 38.3 Å². The molecule has 1 aliphatic rings. The van der Waals surface area contributed by atoms with Crippen LogP contribution in [0.1, 0.15) is 37.3 Å². The van der Waals surface area contributed by atoms with E-state index in [1.54, 1.807) is 6.20 Å². The summed E-state index contributed by atoms with van der Waals surface area (Å²) in [6, 6.07) is -0.192. The van der Waals surface area contributed by atoms with Crippen molar-refractivity contribution in [2.24, 2.45) is 7.05 Å². The summed E-state index contributed by atoms with van der Waals surface area (Å²) < 4.78 is 1.87. The van der Waals surface area contributed by atoms with E-state index < -0.39 is 0 Å². The maximum atomic E-state index is 12.3. The first kappa shape index (κ1) is 17.0. The number of hydrogen-bond donors (Lipinski definition) is 2. The molecule has 0 spiro atoms. The van der Waals surface area contributed by atoms with E-state index in [9.17, 15) is 9.90 Å². The van der Waals surface area contributed by atoms with Crippen molar-refractivity contribution in [3.05, 3.63) is 23.2 Å². The molecule has 8 nitrogen and oxygen atoms in total. The summed E-state index contributed by atoms with van der Waals surface area (Å²) >= 11 is 1.42. The van der Waals surface area contributed by atoms with Gasteiger partial charge < -0.3 is 15.0 Å². The third kappa shape index (κ3) is 3.47. The van der Waals surface area contributed by atoms with Gasteiger partial charge in [0.1, 0.15) is 12.4 Å². The molecule has 1 fully saturated rings. The molecule has 24 heavy (non-hydrogen) atoms. The molecule has 0 radical (unpaired) electrons. The van der Waals surface area contributed by atoms with E-state index in [4.69, 9.17) is 0 Å². The van der Waals surface area contributed by atoms with Gasteiger partial charge in [-0.3, -0.25) is 9.69 Å². The summed E-state index contributed by atoms with van der Waals surface area (Å²) in [4.78, 5) is 18.6. The molecule has 0 unspecified atom stereocenters. The molecule has 1 saturated heterocycles. The summed E-state index contributed by atoms with van der Waals surface area (Å²) in [5, 5.41) is 22.8. The fourth-order valence-electron chi connectivity index (χ4n) is 3.07. The van der Waals surface area contributed by atoms with Crippen LogP contribution in [0.3, 0.4) is 0 Å². The Kier molecular flexibility index (Phi) is 5.22. The van der Waals surface area contributed by atoms with Gasteiger partial charge in [-0.1, -0.05) is 0 Å². The number of carbonyl (C=O) groups is 1. The van der Waals surface area contributed by atoms with Gasteiger partial charge >= 0.3 is 0 Å². The summed E-state index contributed by atoms with van der Waals surface area (Å²) in [6.07, 6.45) is 3.52. The van der Waals surface area contributed by atoms with Gasteiger partial charge in [0.15, 0.2) is 11.0 Å². The number of nitrogens with zero attached hydrogens (tertiary/aromatic N) is 5. The van der Waals surface area contributed by atoms with Crippen LogP contribution in [0.15, 0.2) is 11.6 Å². The zero-order chi connectivity index (χ0) is 17.1. The highest BCUT2D eigenvalue weighted by Gasteiger charge is 2.29. The molecule has 0 saturated carbocycles. The van der Waals surface area contributed by atoms with Gasteiger partial charge in [-0.15, -0.1) is 21.5 Å². The van der Waals surface area contributed by atoms with Gasteiger partial charge in [0.2, 0.25) is 5.91 Å². The lowest BCUT2D eigenvalue weighted by atomic mass is 9.95. The predicted molar refractivity (Wildman–Crippen MR) is 90.7 cm³/mol. The maximum absolute atomic E-state index is 12.3. The van der Waals surface area contributed by atoms with E-state index in [-0.39, 0.29) is 18.6 Å². The number of carbonyl (C=O) groups excluding carboxylic acids is 1. The minimum absolute atomic E-state index is 0.0235. The summed E-state index contributed by atoms with van der Waals surface area (Å²) in [6.45, 7) is 3.49. The fraction of sp³-hybridized carbons (Fsp3) is 0.600. The molecule has 9 heteroatoms. The van der Waals surface area contributed by atoms with E-state index in [0.29, 0.717) is 16.9 Å². The van der Waals surface area contributed by atoms with Crippen molar-refractivity contribution in [3.63, 3.8) is 0 Å². The summed E-state index contributed by atoms with van der Waals surface area (Å²) in [7, 11) is 1.89. The Balaban J connectivity index is 1.56. The first-order valence-corrected chi connectivity index (χ1v) is 8.91. The Morgan fingerprint density at radius 2 is 2.21 bits per heavy atom. The van der Waals surface area contributed by atoms with E-state index in [1.807, 2.05) is 23.9 Å². The van der Waals surface area contributed by atoms with Crippen molar-refractivity contribution in [2.75, 3.05) is 18.4 Å². The molecule has 0 aliphatic carbocycles. The molecule has 2 N–H and O–H groups in total. The summed E-state index contributed by atoms with van der Waals surface area (Å²) in [5.41, 5.74) is 0. The second-order valence-corrected chi connectivity index (χ2v) is 6.90. The third-order valence-corrected chi connectivity index (χ3v) is 5.31. The number of hydrogen-bond acceptors (Lipinski definition) is 7. The first-order chi connectivity index (χ1) is 11.6. The van der Waals surface area contributed by atoms with Crippen molar-refractivity contribution < 1.29 is 9.90 Å². The molecule has 1 aliphatic heterocycles.